The fourth-order valence-electron chi connectivity index (χ4n) is 6.77. The quantitative estimate of drug-likeness (QED) is 0.457. The first-order chi connectivity index (χ1) is 18.0. The van der Waals surface area contributed by atoms with Crippen molar-refractivity contribution in [3.63, 3.8) is 0 Å². The summed E-state index contributed by atoms with van der Waals surface area (Å²) in [5.74, 6) is -1.86. The number of halogens is 4. The molecule has 2 aromatic carbocycles. The maximum absolute atomic E-state index is 15.1. The molecule has 0 aromatic heterocycles. The molecule has 10 heteroatoms. The largest absolute Gasteiger partial charge is 0.417 e. The van der Waals surface area contributed by atoms with Crippen LogP contribution in [0.3, 0.4) is 0 Å². The van der Waals surface area contributed by atoms with Gasteiger partial charge in [-0.25, -0.2) is 4.39 Å². The fraction of sp³-hybridized carbons (Fsp3) is 0.414. The maximum atomic E-state index is 15.1. The van der Waals surface area contributed by atoms with Crippen molar-refractivity contribution in [2.75, 3.05) is 16.8 Å². The number of anilines is 2. The number of alkyl halides is 3. The molecule has 2 aromatic rings. The minimum atomic E-state index is -4.82. The number of nitrogens with one attached hydrogen (secondary N) is 1. The lowest BCUT2D eigenvalue weighted by atomic mass is 9.58. The van der Waals surface area contributed by atoms with Gasteiger partial charge in [-0.2, -0.15) is 18.4 Å². The number of hydrogen-bond donors (Lipinski definition) is 1. The molecule has 1 saturated carbocycles. The Morgan fingerprint density at radius 1 is 1.03 bits per heavy atom. The summed E-state index contributed by atoms with van der Waals surface area (Å²) in [5.41, 5.74) is -3.75. The summed E-state index contributed by atoms with van der Waals surface area (Å²) >= 11 is 0. The third-order valence-electron chi connectivity index (χ3n) is 7.41. The summed E-state index contributed by atoms with van der Waals surface area (Å²) in [5, 5.41) is 11.6. The lowest BCUT2D eigenvalue weighted by Crippen LogP contribution is -2.58. The highest BCUT2D eigenvalue weighted by atomic mass is 19.4. The van der Waals surface area contributed by atoms with Gasteiger partial charge in [0.2, 0.25) is 0 Å². The van der Waals surface area contributed by atoms with Crippen molar-refractivity contribution in [1.29, 1.82) is 5.26 Å². The molecule has 1 saturated heterocycles. The number of rotatable bonds is 3. The van der Waals surface area contributed by atoms with Crippen LogP contribution in [0.15, 0.2) is 48.8 Å². The van der Waals surface area contributed by atoms with Crippen molar-refractivity contribution < 1.29 is 27.2 Å². The second-order valence-corrected chi connectivity index (χ2v) is 11.9. The molecule has 2 amide bonds. The molecule has 4 rings (SSSR count). The Labute approximate surface area is 224 Å². The van der Waals surface area contributed by atoms with E-state index in [9.17, 15) is 28.0 Å². The minimum absolute atomic E-state index is 0.0541. The summed E-state index contributed by atoms with van der Waals surface area (Å²) in [6.45, 7) is 12.2. The molecular weight excluding hydrogens is 512 g/mol. The van der Waals surface area contributed by atoms with Gasteiger partial charge in [0.25, 0.3) is 11.8 Å². The zero-order valence-electron chi connectivity index (χ0n) is 22.5. The van der Waals surface area contributed by atoms with Crippen LogP contribution in [0.4, 0.5) is 28.9 Å². The number of carbonyl (C=O) groups is 2. The van der Waals surface area contributed by atoms with E-state index in [-0.39, 0.29) is 33.6 Å². The SMILES string of the molecule is C=C1N(c2ccc(C#N)c(C(F)(F)F)c2)C(=O)C2(CC(C)(C)CC(C)(C)C2)N1c1ccc(C(=O)NC)c(F)c1. The number of carbonyl (C=O) groups excluding carboxylic acids is 2. The molecule has 1 spiro atoms. The average molecular weight is 543 g/mol. The molecule has 0 bridgehead atoms. The fourth-order valence-corrected chi connectivity index (χ4v) is 6.77. The van der Waals surface area contributed by atoms with Crippen molar-refractivity contribution in [1.82, 2.24) is 5.32 Å². The lowest BCUT2D eigenvalue weighted by molar-refractivity contribution is -0.137. The monoisotopic (exact) mass is 542 g/mol. The molecule has 2 fully saturated rings. The molecule has 0 radical (unpaired) electrons. The van der Waals surface area contributed by atoms with E-state index in [2.05, 4.69) is 11.9 Å². The van der Waals surface area contributed by atoms with Crippen LogP contribution in [0.2, 0.25) is 0 Å². The van der Waals surface area contributed by atoms with Crippen molar-refractivity contribution in [2.24, 2.45) is 10.8 Å². The zero-order valence-corrected chi connectivity index (χ0v) is 22.5. The number of benzene rings is 2. The van der Waals surface area contributed by atoms with E-state index < -0.39 is 40.5 Å². The zero-order chi connectivity index (χ0) is 29.1. The van der Waals surface area contributed by atoms with Gasteiger partial charge in [0.15, 0.2) is 0 Å². The number of nitrogens with zero attached hydrogens (tertiary/aromatic N) is 3. The van der Waals surface area contributed by atoms with Gasteiger partial charge in [-0.05, 0) is 66.5 Å². The average Bonchev–Trinajstić information content (AvgIpc) is 3.00. The summed E-state index contributed by atoms with van der Waals surface area (Å²) in [4.78, 5) is 29.2. The Balaban J connectivity index is 1.94. The number of hydrogen-bond acceptors (Lipinski definition) is 4. The molecule has 0 unspecified atom stereocenters. The van der Waals surface area contributed by atoms with E-state index in [1.54, 1.807) is 11.0 Å². The highest BCUT2D eigenvalue weighted by molar-refractivity contribution is 6.10. The first kappa shape index (κ1) is 28.1. The normalized spacial score (nSPS) is 19.8. The van der Waals surface area contributed by atoms with Gasteiger partial charge in [-0.15, -0.1) is 0 Å². The Hall–Kier alpha value is -3.87. The number of nitriles is 1. The van der Waals surface area contributed by atoms with Crippen molar-refractivity contribution in [3.05, 3.63) is 71.3 Å². The molecule has 1 N–H and O–H groups in total. The topological polar surface area (TPSA) is 76.4 Å². The summed E-state index contributed by atoms with van der Waals surface area (Å²) in [6, 6.07) is 8.58. The Bertz CT molecular complexity index is 1410. The molecule has 206 valence electrons. The van der Waals surface area contributed by atoms with E-state index in [1.165, 1.54) is 25.2 Å². The van der Waals surface area contributed by atoms with Crippen molar-refractivity contribution >= 4 is 23.2 Å². The van der Waals surface area contributed by atoms with Crippen LogP contribution < -0.4 is 15.1 Å². The van der Waals surface area contributed by atoms with Gasteiger partial charge in [0.1, 0.15) is 17.2 Å². The van der Waals surface area contributed by atoms with Crippen LogP contribution in [0.25, 0.3) is 0 Å². The molecule has 1 aliphatic heterocycles. The second-order valence-electron chi connectivity index (χ2n) is 11.9. The highest BCUT2D eigenvalue weighted by Gasteiger charge is 2.61. The van der Waals surface area contributed by atoms with Gasteiger partial charge in [0, 0.05) is 12.7 Å². The Morgan fingerprint density at radius 3 is 2.13 bits per heavy atom. The van der Waals surface area contributed by atoms with Crippen LogP contribution in [0.5, 0.6) is 0 Å². The summed E-state index contributed by atoms with van der Waals surface area (Å²) in [6.07, 6.45) is -3.37. The van der Waals surface area contributed by atoms with Gasteiger partial charge < -0.3 is 10.2 Å². The van der Waals surface area contributed by atoms with Crippen molar-refractivity contribution in [2.45, 2.75) is 58.7 Å². The third kappa shape index (κ3) is 4.75. The van der Waals surface area contributed by atoms with Gasteiger partial charge in [-0.1, -0.05) is 34.3 Å². The third-order valence-corrected chi connectivity index (χ3v) is 7.41. The maximum Gasteiger partial charge on any atom is 0.417 e. The first-order valence-electron chi connectivity index (χ1n) is 12.4. The Morgan fingerprint density at radius 2 is 1.62 bits per heavy atom. The standard InChI is InChI=1S/C29H30F4N4O2/c1-17-36(19-8-7-18(13-34)22(11-19)29(31,32)33)25(39)28(15-26(2,3)14-27(4,5)16-28)37(17)20-9-10-21(23(30)12-20)24(38)35-6/h7-12H,1,14-16H2,2-6H3,(H,35,38). The molecule has 6 nitrogen and oxygen atoms in total. The predicted molar refractivity (Wildman–Crippen MR) is 139 cm³/mol. The van der Waals surface area contributed by atoms with Gasteiger partial charge in [-0.3, -0.25) is 14.5 Å². The number of amides is 2. The molecule has 39 heavy (non-hydrogen) atoms. The van der Waals surface area contributed by atoms with E-state index in [1.807, 2.05) is 27.7 Å². The van der Waals surface area contributed by atoms with E-state index in [4.69, 9.17) is 0 Å². The van der Waals surface area contributed by atoms with E-state index in [0.717, 1.165) is 29.5 Å². The summed E-state index contributed by atoms with van der Waals surface area (Å²) < 4.78 is 56.6. The van der Waals surface area contributed by atoms with Crippen LogP contribution in [0, 0.1) is 28.0 Å². The van der Waals surface area contributed by atoms with Crippen LogP contribution >= 0.6 is 0 Å². The summed E-state index contributed by atoms with van der Waals surface area (Å²) in [7, 11) is 1.38. The molecular formula is C29H30F4N4O2. The smallest absolute Gasteiger partial charge is 0.355 e. The van der Waals surface area contributed by atoms with Gasteiger partial charge in [0.05, 0.1) is 28.4 Å². The van der Waals surface area contributed by atoms with E-state index in [0.29, 0.717) is 12.8 Å². The molecule has 0 atom stereocenters. The minimum Gasteiger partial charge on any atom is -0.355 e. The molecule has 2 aliphatic rings. The molecule has 1 heterocycles. The second kappa shape index (κ2) is 9.11. The highest BCUT2D eigenvalue weighted by Crippen LogP contribution is 2.57. The molecule has 1 aliphatic carbocycles. The van der Waals surface area contributed by atoms with Crippen LogP contribution in [-0.4, -0.2) is 24.4 Å². The van der Waals surface area contributed by atoms with Crippen LogP contribution in [-0.2, 0) is 11.0 Å². The first-order valence-corrected chi connectivity index (χ1v) is 12.4. The van der Waals surface area contributed by atoms with E-state index >= 15 is 4.39 Å². The Kier molecular flexibility index (Phi) is 6.57. The lowest BCUT2D eigenvalue weighted by Gasteiger charge is -2.52. The van der Waals surface area contributed by atoms with Crippen molar-refractivity contribution in [3.8, 4) is 6.07 Å². The van der Waals surface area contributed by atoms with Gasteiger partial charge >= 0.3 is 6.18 Å². The van der Waals surface area contributed by atoms with Crippen LogP contribution in [0.1, 0.15) is 68.4 Å². The predicted octanol–water partition coefficient (Wildman–Crippen LogP) is 6.38.